The fraction of sp³-hybridized carbons (Fsp3) is 0.857. The van der Waals surface area contributed by atoms with E-state index < -0.39 is 0 Å². The van der Waals surface area contributed by atoms with Crippen molar-refractivity contribution in [3.05, 3.63) is 0 Å². The molecule has 0 rings (SSSR count). The standard InChI is InChI=1S/C7H15BrN2O.BrH/c1-10(2,3)5-4-9-7(11)6-8;/h4-6H2,1-3H3;1H. The van der Waals surface area contributed by atoms with Crippen molar-refractivity contribution in [1.29, 1.82) is 0 Å². The van der Waals surface area contributed by atoms with Gasteiger partial charge in [0.05, 0.1) is 34.2 Å². The molecule has 5 heteroatoms. The molecule has 0 saturated heterocycles. The van der Waals surface area contributed by atoms with Gasteiger partial charge in [0, 0.05) is 5.33 Å². The molecule has 0 atom stereocenters. The molecule has 0 bridgehead atoms. The highest BCUT2D eigenvalue weighted by Crippen LogP contribution is 1.89. The maximum atomic E-state index is 10.7. The van der Waals surface area contributed by atoms with Gasteiger partial charge in [0.15, 0.2) is 0 Å². The van der Waals surface area contributed by atoms with Crippen LogP contribution in [0.4, 0.5) is 0 Å². The lowest BCUT2D eigenvalue weighted by Gasteiger charge is -2.23. The Balaban J connectivity index is 0. The van der Waals surface area contributed by atoms with Crippen molar-refractivity contribution in [3.8, 4) is 0 Å². The molecule has 12 heavy (non-hydrogen) atoms. The monoisotopic (exact) mass is 302 g/mol. The van der Waals surface area contributed by atoms with Gasteiger partial charge in [0.1, 0.15) is 0 Å². The molecule has 0 N–H and O–H groups in total. The molecule has 0 unspecified atom stereocenters. The zero-order valence-corrected chi connectivity index (χ0v) is 11.0. The fourth-order valence-corrected chi connectivity index (χ4v) is 0.694. The van der Waals surface area contributed by atoms with Crippen LogP contribution in [0, 0.1) is 0 Å². The van der Waals surface area contributed by atoms with Crippen LogP contribution in [0.3, 0.4) is 0 Å². The second kappa shape index (κ2) is 6.86. The van der Waals surface area contributed by atoms with Gasteiger partial charge < -0.3 is 9.59 Å². The normalized spacial score (nSPS) is 12.5. The van der Waals surface area contributed by atoms with Gasteiger partial charge in [-0.05, 0) is 5.90 Å². The highest BCUT2D eigenvalue weighted by molar-refractivity contribution is 9.09. The van der Waals surface area contributed by atoms with Gasteiger partial charge >= 0.3 is 0 Å². The minimum Gasteiger partial charge on any atom is -0.861 e. The fourth-order valence-electron chi connectivity index (χ4n) is 0.517. The van der Waals surface area contributed by atoms with Crippen molar-refractivity contribution in [3.63, 3.8) is 0 Å². The minimum atomic E-state index is -0.0709. The van der Waals surface area contributed by atoms with Crippen LogP contribution in [-0.2, 0) is 0 Å². The van der Waals surface area contributed by atoms with E-state index in [-0.39, 0.29) is 22.9 Å². The quantitative estimate of drug-likeness (QED) is 0.321. The number of halogens is 2. The van der Waals surface area contributed by atoms with Crippen molar-refractivity contribution in [2.24, 2.45) is 4.99 Å². The van der Waals surface area contributed by atoms with Crippen molar-refractivity contribution in [2.45, 2.75) is 0 Å². The van der Waals surface area contributed by atoms with Gasteiger partial charge in [-0.1, -0.05) is 15.9 Å². The summed E-state index contributed by atoms with van der Waals surface area (Å²) in [6.07, 6.45) is 0. The summed E-state index contributed by atoms with van der Waals surface area (Å²) >= 11 is 3.05. The van der Waals surface area contributed by atoms with Crippen LogP contribution >= 0.6 is 32.9 Å². The number of rotatable bonds is 4. The molecule has 0 heterocycles. The molecule has 3 nitrogen and oxygen atoms in total. The summed E-state index contributed by atoms with van der Waals surface area (Å²) in [6.45, 7) is 1.52. The Kier molecular flexibility index (Phi) is 8.51. The second-order valence-electron chi connectivity index (χ2n) is 3.42. The zero-order chi connectivity index (χ0) is 8.91. The van der Waals surface area contributed by atoms with Crippen LogP contribution < -0.4 is 5.11 Å². The number of likely N-dealkylation sites (N-methyl/N-ethyl adjacent to an activating group) is 1. The third-order valence-corrected chi connectivity index (χ3v) is 1.65. The SMILES string of the molecule is Br.C[N+](C)(C)CCN=C([O-])CBr. The van der Waals surface area contributed by atoms with Crippen molar-refractivity contribution >= 4 is 38.8 Å². The highest BCUT2D eigenvalue weighted by atomic mass is 79.9. The number of nitrogens with zero attached hydrogens (tertiary/aromatic N) is 2. The van der Waals surface area contributed by atoms with Gasteiger partial charge in [-0.2, -0.15) is 0 Å². The summed E-state index contributed by atoms with van der Waals surface area (Å²) in [4.78, 5) is 3.83. The van der Waals surface area contributed by atoms with Crippen molar-refractivity contribution < 1.29 is 9.59 Å². The van der Waals surface area contributed by atoms with Crippen LogP contribution in [0.15, 0.2) is 4.99 Å². The van der Waals surface area contributed by atoms with E-state index in [4.69, 9.17) is 0 Å². The molecule has 0 saturated carbocycles. The van der Waals surface area contributed by atoms with E-state index in [2.05, 4.69) is 42.1 Å². The third-order valence-electron chi connectivity index (χ3n) is 1.17. The van der Waals surface area contributed by atoms with Gasteiger partial charge in [-0.3, -0.25) is 4.99 Å². The van der Waals surface area contributed by atoms with E-state index in [0.717, 1.165) is 11.0 Å². The first-order valence-corrected chi connectivity index (χ1v) is 4.64. The lowest BCUT2D eigenvalue weighted by atomic mass is 10.5. The number of hydrogen-bond donors (Lipinski definition) is 0. The molecule has 0 spiro atoms. The largest absolute Gasteiger partial charge is 0.861 e. The topological polar surface area (TPSA) is 35.4 Å². The maximum absolute atomic E-state index is 10.7. The van der Waals surface area contributed by atoms with E-state index in [1.54, 1.807) is 0 Å². The van der Waals surface area contributed by atoms with Crippen LogP contribution in [0.1, 0.15) is 0 Å². The number of hydrogen-bond acceptors (Lipinski definition) is 2. The Hall–Kier alpha value is 0.390. The zero-order valence-electron chi connectivity index (χ0n) is 7.71. The molecular formula is C7H16Br2N2O. The second-order valence-corrected chi connectivity index (χ2v) is 3.98. The Morgan fingerprint density at radius 2 is 1.92 bits per heavy atom. The number of quaternary nitrogens is 1. The molecule has 0 radical (unpaired) electrons. The minimum absolute atomic E-state index is 0. The first-order valence-electron chi connectivity index (χ1n) is 3.52. The average molecular weight is 304 g/mol. The molecular weight excluding hydrogens is 288 g/mol. The molecule has 0 aliphatic carbocycles. The Labute approximate surface area is 93.0 Å². The Morgan fingerprint density at radius 3 is 2.25 bits per heavy atom. The van der Waals surface area contributed by atoms with Crippen LogP contribution in [0.2, 0.25) is 0 Å². The highest BCUT2D eigenvalue weighted by Gasteiger charge is 2.03. The first kappa shape index (κ1) is 14.9. The summed E-state index contributed by atoms with van der Waals surface area (Å²) in [5.41, 5.74) is 0. The number of aliphatic imine (C=N–C) groups is 1. The Morgan fingerprint density at radius 1 is 1.42 bits per heavy atom. The summed E-state index contributed by atoms with van der Waals surface area (Å²) < 4.78 is 0.846. The van der Waals surface area contributed by atoms with Crippen LogP contribution in [0.5, 0.6) is 0 Å². The smallest absolute Gasteiger partial charge is 0.0978 e. The van der Waals surface area contributed by atoms with Crippen molar-refractivity contribution in [2.75, 3.05) is 39.6 Å². The molecule has 0 amide bonds. The predicted molar refractivity (Wildman–Crippen MR) is 59.3 cm³/mol. The summed E-state index contributed by atoms with van der Waals surface area (Å²) in [5, 5.41) is 11.0. The maximum Gasteiger partial charge on any atom is 0.0978 e. The first-order chi connectivity index (χ1) is 4.95. The molecule has 0 fully saturated rings. The Bertz CT molecular complexity index is 143. The van der Waals surface area contributed by atoms with E-state index >= 15 is 0 Å². The van der Waals surface area contributed by atoms with E-state index in [9.17, 15) is 5.11 Å². The van der Waals surface area contributed by atoms with Gasteiger partial charge in [0.2, 0.25) is 0 Å². The number of alkyl halides is 1. The lowest BCUT2D eigenvalue weighted by molar-refractivity contribution is -0.868. The molecule has 0 aliphatic rings. The molecule has 74 valence electrons. The lowest BCUT2D eigenvalue weighted by Crippen LogP contribution is -2.37. The average Bonchev–Trinajstić information content (AvgIpc) is 1.85. The summed E-state index contributed by atoms with van der Waals surface area (Å²) in [6, 6.07) is 0. The van der Waals surface area contributed by atoms with E-state index in [0.29, 0.717) is 11.9 Å². The van der Waals surface area contributed by atoms with E-state index in [1.807, 2.05) is 0 Å². The van der Waals surface area contributed by atoms with Crippen LogP contribution in [0.25, 0.3) is 0 Å². The molecule has 0 aliphatic heterocycles. The summed E-state index contributed by atoms with van der Waals surface area (Å²) in [7, 11) is 6.23. The molecule has 0 aromatic heterocycles. The van der Waals surface area contributed by atoms with Gasteiger partial charge in [-0.25, -0.2) is 0 Å². The van der Waals surface area contributed by atoms with E-state index in [1.165, 1.54) is 0 Å². The molecule has 0 aromatic rings. The van der Waals surface area contributed by atoms with Crippen LogP contribution in [-0.4, -0.2) is 49.9 Å². The molecule has 0 aromatic carbocycles. The van der Waals surface area contributed by atoms with Crippen molar-refractivity contribution in [1.82, 2.24) is 0 Å². The summed E-state index contributed by atoms with van der Waals surface area (Å²) in [5.74, 6) is -0.0709. The third kappa shape index (κ3) is 10.4. The van der Waals surface area contributed by atoms with Gasteiger partial charge in [-0.15, -0.1) is 17.0 Å². The van der Waals surface area contributed by atoms with Gasteiger partial charge in [0.25, 0.3) is 0 Å². The predicted octanol–water partition coefficient (Wildman–Crippen LogP) is 0.424.